The number of carbonyl (C=O) groups is 1. The second kappa shape index (κ2) is 7.09. The number of rotatable bonds is 5. The molecule has 3 nitrogen and oxygen atoms in total. The molecule has 0 aliphatic heterocycles. The molecule has 0 aliphatic carbocycles. The van der Waals surface area contributed by atoms with E-state index in [1.165, 1.54) is 18.2 Å². The van der Waals surface area contributed by atoms with Crippen LogP contribution in [0.25, 0.3) is 0 Å². The minimum Gasteiger partial charge on any atom is -0.385 e. The second-order valence-electron chi connectivity index (χ2n) is 4.59. The van der Waals surface area contributed by atoms with Crippen LogP contribution in [0.4, 0.5) is 15.8 Å². The SMILES string of the molecule is CCCNc1ccc(C(=O)Nc2ccc(F)c(Cl)c2)cc1. The third-order valence-electron chi connectivity index (χ3n) is 2.90. The van der Waals surface area contributed by atoms with E-state index in [1.807, 2.05) is 12.1 Å². The van der Waals surface area contributed by atoms with Crippen molar-refractivity contribution in [2.45, 2.75) is 13.3 Å². The van der Waals surface area contributed by atoms with E-state index in [4.69, 9.17) is 11.6 Å². The van der Waals surface area contributed by atoms with Gasteiger partial charge in [0, 0.05) is 23.5 Å². The predicted molar refractivity (Wildman–Crippen MR) is 84.6 cm³/mol. The number of halogens is 2. The number of benzene rings is 2. The molecule has 0 radical (unpaired) electrons. The van der Waals surface area contributed by atoms with Crippen LogP contribution in [-0.2, 0) is 0 Å². The van der Waals surface area contributed by atoms with E-state index in [0.717, 1.165) is 18.7 Å². The summed E-state index contributed by atoms with van der Waals surface area (Å²) < 4.78 is 13.1. The van der Waals surface area contributed by atoms with Crippen molar-refractivity contribution in [1.29, 1.82) is 0 Å². The molecule has 0 saturated heterocycles. The first-order chi connectivity index (χ1) is 10.1. The molecule has 0 bridgehead atoms. The van der Waals surface area contributed by atoms with Gasteiger partial charge in [-0.1, -0.05) is 18.5 Å². The van der Waals surface area contributed by atoms with Crippen molar-refractivity contribution in [3.8, 4) is 0 Å². The lowest BCUT2D eigenvalue weighted by Gasteiger charge is -2.08. The Hall–Kier alpha value is -2.07. The summed E-state index contributed by atoms with van der Waals surface area (Å²) in [6.45, 7) is 2.97. The van der Waals surface area contributed by atoms with Crippen molar-refractivity contribution < 1.29 is 9.18 Å². The fourth-order valence-electron chi connectivity index (χ4n) is 1.79. The summed E-state index contributed by atoms with van der Waals surface area (Å²) in [6, 6.07) is 11.2. The standard InChI is InChI=1S/C16H16ClFN2O/c1-2-9-19-12-5-3-11(4-6-12)16(21)20-13-7-8-15(18)14(17)10-13/h3-8,10,19H,2,9H2,1H3,(H,20,21). The van der Waals surface area contributed by atoms with E-state index in [1.54, 1.807) is 12.1 Å². The Labute approximate surface area is 128 Å². The molecule has 110 valence electrons. The van der Waals surface area contributed by atoms with Crippen molar-refractivity contribution in [1.82, 2.24) is 0 Å². The molecule has 0 heterocycles. The van der Waals surface area contributed by atoms with Crippen molar-refractivity contribution >= 4 is 28.9 Å². The summed E-state index contributed by atoms with van der Waals surface area (Å²) in [5.74, 6) is -0.777. The van der Waals surface area contributed by atoms with Gasteiger partial charge in [-0.05, 0) is 48.9 Å². The number of anilines is 2. The highest BCUT2D eigenvalue weighted by Crippen LogP contribution is 2.20. The molecule has 1 amide bonds. The van der Waals surface area contributed by atoms with Crippen LogP contribution in [0.2, 0.25) is 5.02 Å². The van der Waals surface area contributed by atoms with Gasteiger partial charge in [-0.25, -0.2) is 4.39 Å². The molecule has 2 aromatic rings. The molecule has 0 aliphatic rings. The Morgan fingerprint density at radius 2 is 1.81 bits per heavy atom. The minimum absolute atomic E-state index is 0.0214. The fraction of sp³-hybridized carbons (Fsp3) is 0.188. The van der Waals surface area contributed by atoms with Crippen LogP contribution in [0.3, 0.4) is 0 Å². The summed E-state index contributed by atoms with van der Waals surface area (Å²) in [7, 11) is 0. The molecule has 0 fully saturated rings. The molecule has 0 aromatic heterocycles. The lowest BCUT2D eigenvalue weighted by molar-refractivity contribution is 0.102. The normalized spacial score (nSPS) is 10.2. The molecule has 2 rings (SSSR count). The summed E-state index contributed by atoms with van der Waals surface area (Å²) in [5, 5.41) is 5.89. The van der Waals surface area contributed by atoms with Crippen LogP contribution >= 0.6 is 11.6 Å². The van der Waals surface area contributed by atoms with Gasteiger partial charge in [0.15, 0.2) is 0 Å². The van der Waals surface area contributed by atoms with Crippen LogP contribution in [0, 0.1) is 5.82 Å². The largest absolute Gasteiger partial charge is 0.385 e. The number of hydrogen-bond donors (Lipinski definition) is 2. The zero-order valence-corrected chi connectivity index (χ0v) is 12.4. The third-order valence-corrected chi connectivity index (χ3v) is 3.19. The predicted octanol–water partition coefficient (Wildman–Crippen LogP) is 4.55. The van der Waals surface area contributed by atoms with Gasteiger partial charge in [-0.3, -0.25) is 4.79 Å². The topological polar surface area (TPSA) is 41.1 Å². The van der Waals surface area contributed by atoms with E-state index in [9.17, 15) is 9.18 Å². The van der Waals surface area contributed by atoms with Crippen LogP contribution in [-0.4, -0.2) is 12.5 Å². The van der Waals surface area contributed by atoms with Crippen LogP contribution in [0.1, 0.15) is 23.7 Å². The highest BCUT2D eigenvalue weighted by atomic mass is 35.5. The Balaban J connectivity index is 2.04. The lowest BCUT2D eigenvalue weighted by Crippen LogP contribution is -2.12. The van der Waals surface area contributed by atoms with Crippen molar-refractivity contribution in [2.75, 3.05) is 17.2 Å². The van der Waals surface area contributed by atoms with E-state index >= 15 is 0 Å². The summed E-state index contributed by atoms with van der Waals surface area (Å²) in [4.78, 5) is 12.1. The number of nitrogens with one attached hydrogen (secondary N) is 2. The van der Waals surface area contributed by atoms with E-state index in [0.29, 0.717) is 11.3 Å². The summed E-state index contributed by atoms with van der Waals surface area (Å²) >= 11 is 5.68. The first-order valence-corrected chi connectivity index (χ1v) is 7.08. The minimum atomic E-state index is -0.513. The molecule has 0 atom stereocenters. The van der Waals surface area contributed by atoms with Gasteiger partial charge in [0.2, 0.25) is 0 Å². The van der Waals surface area contributed by atoms with Crippen LogP contribution in [0.15, 0.2) is 42.5 Å². The highest BCUT2D eigenvalue weighted by molar-refractivity contribution is 6.31. The second-order valence-corrected chi connectivity index (χ2v) is 4.99. The van der Waals surface area contributed by atoms with Crippen molar-refractivity contribution in [3.63, 3.8) is 0 Å². The molecule has 0 unspecified atom stereocenters. The first-order valence-electron chi connectivity index (χ1n) is 6.70. The Morgan fingerprint density at radius 3 is 2.43 bits per heavy atom. The molecule has 0 saturated carbocycles. The van der Waals surface area contributed by atoms with Crippen LogP contribution in [0.5, 0.6) is 0 Å². The van der Waals surface area contributed by atoms with Gasteiger partial charge < -0.3 is 10.6 Å². The van der Waals surface area contributed by atoms with Crippen molar-refractivity contribution in [2.24, 2.45) is 0 Å². The maximum atomic E-state index is 13.1. The molecule has 2 aromatic carbocycles. The number of carbonyl (C=O) groups excluding carboxylic acids is 1. The molecule has 0 spiro atoms. The first kappa shape index (κ1) is 15.3. The van der Waals surface area contributed by atoms with Gasteiger partial charge in [0.05, 0.1) is 5.02 Å². The smallest absolute Gasteiger partial charge is 0.255 e. The molecule has 2 N–H and O–H groups in total. The molecule has 21 heavy (non-hydrogen) atoms. The maximum Gasteiger partial charge on any atom is 0.255 e. The third kappa shape index (κ3) is 4.20. The lowest BCUT2D eigenvalue weighted by atomic mass is 10.2. The number of hydrogen-bond acceptors (Lipinski definition) is 2. The number of amides is 1. The summed E-state index contributed by atoms with van der Waals surface area (Å²) in [5.41, 5.74) is 1.95. The van der Waals surface area contributed by atoms with E-state index in [-0.39, 0.29) is 10.9 Å². The van der Waals surface area contributed by atoms with Gasteiger partial charge in [0.25, 0.3) is 5.91 Å². The average Bonchev–Trinajstić information content (AvgIpc) is 2.49. The zero-order chi connectivity index (χ0) is 15.2. The molecular formula is C16H16ClFN2O. The molecular weight excluding hydrogens is 291 g/mol. The molecule has 5 heteroatoms. The Morgan fingerprint density at radius 1 is 1.14 bits per heavy atom. The van der Waals surface area contributed by atoms with Gasteiger partial charge in [-0.2, -0.15) is 0 Å². The van der Waals surface area contributed by atoms with E-state index in [2.05, 4.69) is 17.6 Å². The Kier molecular flexibility index (Phi) is 5.17. The monoisotopic (exact) mass is 306 g/mol. The summed E-state index contributed by atoms with van der Waals surface area (Å²) in [6.07, 6.45) is 1.04. The maximum absolute atomic E-state index is 13.1. The van der Waals surface area contributed by atoms with Gasteiger partial charge in [-0.15, -0.1) is 0 Å². The quantitative estimate of drug-likeness (QED) is 0.850. The zero-order valence-electron chi connectivity index (χ0n) is 11.6. The van der Waals surface area contributed by atoms with Gasteiger partial charge in [0.1, 0.15) is 5.82 Å². The highest BCUT2D eigenvalue weighted by Gasteiger charge is 2.07. The van der Waals surface area contributed by atoms with Crippen LogP contribution < -0.4 is 10.6 Å². The fourth-order valence-corrected chi connectivity index (χ4v) is 1.97. The Bertz CT molecular complexity index is 629. The van der Waals surface area contributed by atoms with E-state index < -0.39 is 5.82 Å². The van der Waals surface area contributed by atoms with Crippen molar-refractivity contribution in [3.05, 3.63) is 58.9 Å². The average molecular weight is 307 g/mol. The van der Waals surface area contributed by atoms with Gasteiger partial charge >= 0.3 is 0 Å².